The van der Waals surface area contributed by atoms with Crippen LogP contribution in [0.25, 0.3) is 11.1 Å². The predicted molar refractivity (Wildman–Crippen MR) is 102 cm³/mol. The highest BCUT2D eigenvalue weighted by atomic mass is 35.5. The SMILES string of the molecule is O=C(O)Cc1ccc(-c2ccc(Cl)cc2)c(CN2CCS(=O)(=O)CC2)c1. The summed E-state index contributed by atoms with van der Waals surface area (Å²) in [6.45, 7) is 1.57. The summed E-state index contributed by atoms with van der Waals surface area (Å²) in [5.41, 5.74) is 3.72. The van der Waals surface area contributed by atoms with E-state index in [1.54, 1.807) is 0 Å². The summed E-state index contributed by atoms with van der Waals surface area (Å²) in [6, 6.07) is 13.1. The van der Waals surface area contributed by atoms with E-state index >= 15 is 0 Å². The first-order chi connectivity index (χ1) is 12.3. The molecule has 0 radical (unpaired) electrons. The topological polar surface area (TPSA) is 74.7 Å². The van der Waals surface area contributed by atoms with E-state index in [9.17, 15) is 13.2 Å². The first-order valence-corrected chi connectivity index (χ1v) is 10.5. The van der Waals surface area contributed by atoms with Crippen molar-refractivity contribution in [2.45, 2.75) is 13.0 Å². The predicted octanol–water partition coefficient (Wildman–Crippen LogP) is 2.86. The first-order valence-electron chi connectivity index (χ1n) is 8.35. The fraction of sp³-hybridized carbons (Fsp3) is 0.316. The van der Waals surface area contributed by atoms with Gasteiger partial charge in [-0.1, -0.05) is 41.9 Å². The summed E-state index contributed by atoms with van der Waals surface area (Å²) in [6.07, 6.45) is -0.0394. The minimum Gasteiger partial charge on any atom is -0.481 e. The molecule has 7 heteroatoms. The number of nitrogens with zero attached hydrogens (tertiary/aromatic N) is 1. The van der Waals surface area contributed by atoms with E-state index in [1.165, 1.54) is 0 Å². The molecular weight excluding hydrogens is 374 g/mol. The number of hydrogen-bond donors (Lipinski definition) is 1. The Labute approximate surface area is 158 Å². The number of rotatable bonds is 5. The van der Waals surface area contributed by atoms with Crippen LogP contribution >= 0.6 is 11.6 Å². The van der Waals surface area contributed by atoms with Crippen LogP contribution in [0.5, 0.6) is 0 Å². The Kier molecular flexibility index (Phi) is 5.65. The molecule has 1 heterocycles. The highest BCUT2D eigenvalue weighted by Crippen LogP contribution is 2.28. The maximum Gasteiger partial charge on any atom is 0.307 e. The number of aliphatic carboxylic acids is 1. The smallest absolute Gasteiger partial charge is 0.307 e. The highest BCUT2D eigenvalue weighted by Gasteiger charge is 2.22. The number of carboxylic acids is 1. The highest BCUT2D eigenvalue weighted by molar-refractivity contribution is 7.91. The Balaban J connectivity index is 1.91. The van der Waals surface area contributed by atoms with Crippen molar-refractivity contribution in [1.82, 2.24) is 4.90 Å². The largest absolute Gasteiger partial charge is 0.481 e. The van der Waals surface area contributed by atoms with Gasteiger partial charge in [-0.2, -0.15) is 0 Å². The summed E-state index contributed by atoms with van der Waals surface area (Å²) < 4.78 is 23.3. The molecule has 1 saturated heterocycles. The number of sulfone groups is 1. The van der Waals surface area contributed by atoms with E-state index in [1.807, 2.05) is 42.5 Å². The van der Waals surface area contributed by atoms with Gasteiger partial charge in [0.15, 0.2) is 9.84 Å². The van der Waals surface area contributed by atoms with Gasteiger partial charge in [0.25, 0.3) is 0 Å². The molecule has 0 bridgehead atoms. The van der Waals surface area contributed by atoms with Gasteiger partial charge in [-0.25, -0.2) is 8.42 Å². The average molecular weight is 394 g/mol. The van der Waals surface area contributed by atoms with E-state index in [0.29, 0.717) is 24.7 Å². The van der Waals surface area contributed by atoms with Gasteiger partial charge in [-0.3, -0.25) is 9.69 Å². The maximum atomic E-state index is 11.6. The molecule has 0 amide bonds. The van der Waals surface area contributed by atoms with Gasteiger partial charge in [0.1, 0.15) is 0 Å². The Morgan fingerprint density at radius 2 is 1.73 bits per heavy atom. The molecule has 5 nitrogen and oxygen atoms in total. The lowest BCUT2D eigenvalue weighted by atomic mass is 9.96. The minimum atomic E-state index is -2.93. The van der Waals surface area contributed by atoms with Crippen molar-refractivity contribution in [3.63, 3.8) is 0 Å². The molecule has 138 valence electrons. The zero-order valence-electron chi connectivity index (χ0n) is 14.2. The molecule has 0 spiro atoms. The zero-order chi connectivity index (χ0) is 18.7. The van der Waals surface area contributed by atoms with Gasteiger partial charge in [0, 0.05) is 24.7 Å². The van der Waals surface area contributed by atoms with Crippen LogP contribution in [0.3, 0.4) is 0 Å². The van der Waals surface area contributed by atoms with E-state index in [0.717, 1.165) is 22.3 Å². The quantitative estimate of drug-likeness (QED) is 0.845. The lowest BCUT2D eigenvalue weighted by Crippen LogP contribution is -2.39. The molecule has 1 fully saturated rings. The Morgan fingerprint density at radius 3 is 2.35 bits per heavy atom. The summed E-state index contributed by atoms with van der Waals surface area (Å²) in [7, 11) is -2.93. The summed E-state index contributed by atoms with van der Waals surface area (Å²) in [5, 5.41) is 9.71. The molecule has 1 aliphatic heterocycles. The van der Waals surface area contributed by atoms with Crippen LogP contribution < -0.4 is 0 Å². The van der Waals surface area contributed by atoms with Crippen molar-refractivity contribution in [2.75, 3.05) is 24.6 Å². The van der Waals surface area contributed by atoms with Crippen molar-refractivity contribution in [3.05, 3.63) is 58.6 Å². The molecule has 3 rings (SSSR count). The standard InChI is InChI=1S/C19H20ClNO4S/c20-17-4-2-15(3-5-17)18-6-1-14(12-19(22)23)11-16(18)13-21-7-9-26(24,25)10-8-21/h1-6,11H,7-10,12-13H2,(H,22,23). The van der Waals surface area contributed by atoms with Crippen molar-refractivity contribution < 1.29 is 18.3 Å². The lowest BCUT2D eigenvalue weighted by Gasteiger charge is -2.27. The van der Waals surface area contributed by atoms with Gasteiger partial charge >= 0.3 is 5.97 Å². The number of carbonyl (C=O) groups is 1. The van der Waals surface area contributed by atoms with Crippen molar-refractivity contribution in [1.29, 1.82) is 0 Å². The minimum absolute atomic E-state index is 0.0394. The molecule has 1 aliphatic rings. The van der Waals surface area contributed by atoms with Crippen LogP contribution in [-0.4, -0.2) is 49.0 Å². The summed E-state index contributed by atoms with van der Waals surface area (Å²) in [5.74, 6) is -0.546. The van der Waals surface area contributed by atoms with Gasteiger partial charge in [-0.05, 0) is 34.4 Å². The van der Waals surface area contributed by atoms with Crippen LogP contribution in [0.2, 0.25) is 5.02 Å². The average Bonchev–Trinajstić information content (AvgIpc) is 2.58. The van der Waals surface area contributed by atoms with Crippen molar-refractivity contribution in [2.24, 2.45) is 0 Å². The number of benzene rings is 2. The van der Waals surface area contributed by atoms with Crippen LogP contribution in [0, 0.1) is 0 Å². The van der Waals surface area contributed by atoms with Gasteiger partial charge in [0.05, 0.1) is 17.9 Å². The first kappa shape index (κ1) is 18.9. The van der Waals surface area contributed by atoms with E-state index in [-0.39, 0.29) is 17.9 Å². The Hall–Kier alpha value is -1.89. The molecular formula is C19H20ClNO4S. The van der Waals surface area contributed by atoms with Crippen molar-refractivity contribution >= 4 is 27.4 Å². The molecule has 0 atom stereocenters. The second-order valence-corrected chi connectivity index (χ2v) is 9.24. The number of halogens is 1. The van der Waals surface area contributed by atoms with E-state index < -0.39 is 15.8 Å². The molecule has 0 aliphatic carbocycles. The number of hydrogen-bond acceptors (Lipinski definition) is 4. The molecule has 2 aromatic rings. The third kappa shape index (κ3) is 4.84. The molecule has 26 heavy (non-hydrogen) atoms. The van der Waals surface area contributed by atoms with Crippen LogP contribution in [-0.2, 0) is 27.6 Å². The van der Waals surface area contributed by atoms with Crippen LogP contribution in [0.15, 0.2) is 42.5 Å². The second kappa shape index (κ2) is 7.78. The normalized spacial score (nSPS) is 17.1. The van der Waals surface area contributed by atoms with Gasteiger partial charge < -0.3 is 5.11 Å². The van der Waals surface area contributed by atoms with E-state index in [2.05, 4.69) is 4.90 Å². The molecule has 1 N–H and O–H groups in total. The molecule has 2 aromatic carbocycles. The maximum absolute atomic E-state index is 11.6. The third-order valence-corrected chi connectivity index (χ3v) is 6.37. The van der Waals surface area contributed by atoms with Gasteiger partial charge in [0.2, 0.25) is 0 Å². The fourth-order valence-electron chi connectivity index (χ4n) is 3.12. The lowest BCUT2D eigenvalue weighted by molar-refractivity contribution is -0.136. The Bertz CT molecular complexity index is 896. The Morgan fingerprint density at radius 1 is 1.08 bits per heavy atom. The monoisotopic (exact) mass is 393 g/mol. The summed E-state index contributed by atoms with van der Waals surface area (Å²) in [4.78, 5) is 13.1. The van der Waals surface area contributed by atoms with E-state index in [4.69, 9.17) is 16.7 Å². The molecule has 0 saturated carbocycles. The summed E-state index contributed by atoms with van der Waals surface area (Å²) >= 11 is 5.97. The number of carboxylic acid groups (broad SMARTS) is 1. The van der Waals surface area contributed by atoms with Crippen molar-refractivity contribution in [3.8, 4) is 11.1 Å². The fourth-order valence-corrected chi connectivity index (χ4v) is 4.53. The van der Waals surface area contributed by atoms with Crippen LogP contribution in [0.1, 0.15) is 11.1 Å². The molecule has 0 aromatic heterocycles. The third-order valence-electron chi connectivity index (χ3n) is 4.51. The van der Waals surface area contributed by atoms with Crippen LogP contribution in [0.4, 0.5) is 0 Å². The second-order valence-electron chi connectivity index (χ2n) is 6.50. The molecule has 0 unspecified atom stereocenters. The zero-order valence-corrected chi connectivity index (χ0v) is 15.8. The van der Waals surface area contributed by atoms with Gasteiger partial charge in [-0.15, -0.1) is 0 Å².